The van der Waals surface area contributed by atoms with Crippen LogP contribution in [0.1, 0.15) is 19.3 Å². The van der Waals surface area contributed by atoms with E-state index >= 15 is 0 Å². The lowest BCUT2D eigenvalue weighted by molar-refractivity contribution is 0.161. The van der Waals surface area contributed by atoms with Crippen LogP contribution in [0, 0.1) is 0 Å². The van der Waals surface area contributed by atoms with Gasteiger partial charge in [-0.05, 0) is 19.3 Å². The fourth-order valence-electron chi connectivity index (χ4n) is 0.935. The van der Waals surface area contributed by atoms with Crippen molar-refractivity contribution in [3.63, 3.8) is 0 Å². The van der Waals surface area contributed by atoms with Gasteiger partial charge in [0.25, 0.3) is 0 Å². The second kappa shape index (κ2) is 3.05. The Balaban J connectivity index is 2.17. The van der Waals surface area contributed by atoms with Gasteiger partial charge in [0.2, 0.25) is 0 Å². The van der Waals surface area contributed by atoms with Crippen LogP contribution in [-0.4, -0.2) is 24.3 Å². The molecule has 0 saturated carbocycles. The van der Waals surface area contributed by atoms with Crippen molar-refractivity contribution >= 4 is 0 Å². The Morgan fingerprint density at radius 2 is 2.12 bits per heavy atom. The molecule has 0 aromatic heterocycles. The molecule has 0 aromatic rings. The van der Waals surface area contributed by atoms with E-state index in [0.29, 0.717) is 0 Å². The van der Waals surface area contributed by atoms with E-state index in [1.54, 1.807) is 0 Å². The van der Waals surface area contributed by atoms with Crippen LogP contribution in [0.15, 0.2) is 0 Å². The third kappa shape index (κ3) is 1.80. The van der Waals surface area contributed by atoms with Crippen molar-refractivity contribution in [2.75, 3.05) is 13.1 Å². The number of nitrogens with zero attached hydrogens (tertiary/aromatic N) is 1. The molecule has 0 aliphatic carbocycles. The molecule has 0 amide bonds. The van der Waals surface area contributed by atoms with Gasteiger partial charge in [-0.25, -0.2) is 5.32 Å². The van der Waals surface area contributed by atoms with Crippen molar-refractivity contribution in [3.05, 3.63) is 0 Å². The number of hydrogen-bond donors (Lipinski definition) is 1. The smallest absolute Gasteiger partial charge is 0.0553 e. The number of aliphatic hydroxyl groups excluding tert-OH is 1. The highest BCUT2D eigenvalue weighted by Gasteiger charge is 2.06. The van der Waals surface area contributed by atoms with Gasteiger partial charge in [0.15, 0.2) is 0 Å². The van der Waals surface area contributed by atoms with Crippen molar-refractivity contribution in [2.24, 2.45) is 0 Å². The molecule has 1 unspecified atom stereocenters. The summed E-state index contributed by atoms with van der Waals surface area (Å²) < 4.78 is 0. The molecule has 8 heavy (non-hydrogen) atoms. The molecule has 1 aliphatic rings. The molecule has 0 bridgehead atoms. The monoisotopic (exact) mass is 114 g/mol. The van der Waals surface area contributed by atoms with Crippen LogP contribution in [-0.2, 0) is 0 Å². The molecule has 0 aromatic carbocycles. The Hall–Kier alpha value is -0.0800. The summed E-state index contributed by atoms with van der Waals surface area (Å²) in [4.78, 5) is 0. The Bertz CT molecular complexity index is 57.5. The molecular formula is C6H12NO. The summed E-state index contributed by atoms with van der Waals surface area (Å²) in [5.74, 6) is 0. The maximum atomic E-state index is 9.03. The minimum Gasteiger partial charge on any atom is -0.393 e. The zero-order valence-electron chi connectivity index (χ0n) is 5.01. The summed E-state index contributed by atoms with van der Waals surface area (Å²) in [5, 5.41) is 13.2. The van der Waals surface area contributed by atoms with Crippen LogP contribution in [0.25, 0.3) is 0 Å². The summed E-state index contributed by atoms with van der Waals surface area (Å²) in [6.45, 7) is 1.82. The van der Waals surface area contributed by atoms with E-state index in [1.165, 1.54) is 0 Å². The molecule has 1 heterocycles. The molecule has 47 valence electrons. The molecule has 1 aliphatic heterocycles. The van der Waals surface area contributed by atoms with Gasteiger partial charge < -0.3 is 5.11 Å². The van der Waals surface area contributed by atoms with E-state index in [9.17, 15) is 0 Å². The second-order valence-corrected chi connectivity index (χ2v) is 2.26. The zero-order valence-corrected chi connectivity index (χ0v) is 5.01. The average Bonchev–Trinajstić information content (AvgIpc) is 1.94. The average molecular weight is 114 g/mol. The molecule has 0 spiro atoms. The Morgan fingerprint density at radius 3 is 3.00 bits per heavy atom. The van der Waals surface area contributed by atoms with Crippen molar-refractivity contribution in [1.29, 1.82) is 0 Å². The van der Waals surface area contributed by atoms with Gasteiger partial charge >= 0.3 is 0 Å². The summed E-state index contributed by atoms with van der Waals surface area (Å²) >= 11 is 0. The fourth-order valence-corrected chi connectivity index (χ4v) is 0.935. The maximum absolute atomic E-state index is 9.03. The molecule has 2 heteroatoms. The lowest BCUT2D eigenvalue weighted by atomic mass is 10.2. The fraction of sp³-hybridized carbons (Fsp3) is 1.00. The Morgan fingerprint density at radius 1 is 1.25 bits per heavy atom. The third-order valence-electron chi connectivity index (χ3n) is 1.47. The molecule has 1 atom stereocenters. The lowest BCUT2D eigenvalue weighted by Crippen LogP contribution is -2.08. The summed E-state index contributed by atoms with van der Waals surface area (Å²) in [6.07, 6.45) is 2.83. The molecule has 1 fully saturated rings. The first kappa shape index (κ1) is 6.05. The predicted octanol–water partition coefficient (Wildman–Crippen LogP) is 0.136. The van der Waals surface area contributed by atoms with Gasteiger partial charge in [-0.3, -0.25) is 0 Å². The van der Waals surface area contributed by atoms with Crippen LogP contribution in [0.5, 0.6) is 0 Å². The van der Waals surface area contributed by atoms with Crippen LogP contribution >= 0.6 is 0 Å². The highest BCUT2D eigenvalue weighted by molar-refractivity contribution is 4.63. The van der Waals surface area contributed by atoms with E-state index in [1.807, 2.05) is 0 Å². The van der Waals surface area contributed by atoms with E-state index in [-0.39, 0.29) is 6.10 Å². The van der Waals surface area contributed by atoms with E-state index in [2.05, 4.69) is 5.32 Å². The summed E-state index contributed by atoms with van der Waals surface area (Å²) in [7, 11) is 0. The lowest BCUT2D eigenvalue weighted by Gasteiger charge is -2.01. The minimum absolute atomic E-state index is 0.0683. The first-order valence-electron chi connectivity index (χ1n) is 3.21. The van der Waals surface area contributed by atoms with Crippen LogP contribution in [0.2, 0.25) is 0 Å². The van der Waals surface area contributed by atoms with Crippen molar-refractivity contribution in [3.8, 4) is 0 Å². The normalized spacial score (nSPS) is 31.9. The highest BCUT2D eigenvalue weighted by atomic mass is 16.3. The van der Waals surface area contributed by atoms with Crippen molar-refractivity contribution < 1.29 is 5.11 Å². The Labute approximate surface area is 49.9 Å². The molecular weight excluding hydrogens is 102 g/mol. The first-order valence-corrected chi connectivity index (χ1v) is 3.21. The zero-order chi connectivity index (χ0) is 5.82. The Kier molecular flexibility index (Phi) is 2.30. The quantitative estimate of drug-likeness (QED) is 0.477. The van der Waals surface area contributed by atoms with Crippen LogP contribution in [0.4, 0.5) is 0 Å². The van der Waals surface area contributed by atoms with Gasteiger partial charge in [-0.2, -0.15) is 0 Å². The highest BCUT2D eigenvalue weighted by Crippen LogP contribution is 2.03. The van der Waals surface area contributed by atoms with Gasteiger partial charge in [0, 0.05) is 13.1 Å². The molecule has 2 nitrogen and oxygen atoms in total. The van der Waals surface area contributed by atoms with E-state index in [0.717, 1.165) is 32.4 Å². The van der Waals surface area contributed by atoms with Gasteiger partial charge in [-0.1, -0.05) is 0 Å². The third-order valence-corrected chi connectivity index (χ3v) is 1.47. The van der Waals surface area contributed by atoms with Gasteiger partial charge in [0.1, 0.15) is 0 Å². The second-order valence-electron chi connectivity index (χ2n) is 2.26. The first-order chi connectivity index (χ1) is 3.89. The predicted molar refractivity (Wildman–Crippen MR) is 31.7 cm³/mol. The molecule has 1 rings (SSSR count). The topological polar surface area (TPSA) is 34.3 Å². The van der Waals surface area contributed by atoms with Gasteiger partial charge in [-0.15, -0.1) is 0 Å². The van der Waals surface area contributed by atoms with Crippen molar-refractivity contribution in [2.45, 2.75) is 25.4 Å². The van der Waals surface area contributed by atoms with Crippen LogP contribution in [0.3, 0.4) is 0 Å². The van der Waals surface area contributed by atoms with E-state index in [4.69, 9.17) is 5.11 Å². The van der Waals surface area contributed by atoms with Gasteiger partial charge in [0.05, 0.1) is 6.10 Å². The number of aliphatic hydroxyl groups is 1. The summed E-state index contributed by atoms with van der Waals surface area (Å²) in [6, 6.07) is 0. The minimum atomic E-state index is -0.0683. The van der Waals surface area contributed by atoms with E-state index < -0.39 is 0 Å². The number of rotatable bonds is 0. The maximum Gasteiger partial charge on any atom is 0.0553 e. The van der Waals surface area contributed by atoms with Crippen molar-refractivity contribution in [1.82, 2.24) is 5.32 Å². The largest absolute Gasteiger partial charge is 0.393 e. The standard InChI is InChI=1S/C6H12NO/c8-6-2-1-4-7-5-3-6/h6,8H,1-5H2. The molecule has 1 radical (unpaired) electrons. The summed E-state index contributed by atoms with van der Waals surface area (Å²) in [5.41, 5.74) is 0. The molecule has 1 N–H and O–H groups in total. The SMILES string of the molecule is OC1CCC[N]CC1. The molecule has 1 saturated heterocycles. The number of hydrogen-bond acceptors (Lipinski definition) is 1. The van der Waals surface area contributed by atoms with Crippen LogP contribution < -0.4 is 5.32 Å².